The summed E-state index contributed by atoms with van der Waals surface area (Å²) in [5, 5.41) is 0.548. The fourth-order valence-electron chi connectivity index (χ4n) is 2.62. The van der Waals surface area contributed by atoms with Crippen LogP contribution in [0.15, 0.2) is 11.1 Å². The number of fused-ring (bicyclic) bond motifs is 1. The van der Waals surface area contributed by atoms with Crippen molar-refractivity contribution in [3.8, 4) is 11.5 Å². The molecule has 18 heavy (non-hydrogen) atoms. The van der Waals surface area contributed by atoms with Crippen molar-refractivity contribution in [2.24, 2.45) is 4.99 Å². The molecule has 0 aromatic heterocycles. The highest BCUT2D eigenvalue weighted by molar-refractivity contribution is 6.33. The first kappa shape index (κ1) is 11.6. The van der Waals surface area contributed by atoms with Gasteiger partial charge in [0.25, 0.3) is 0 Å². The summed E-state index contributed by atoms with van der Waals surface area (Å²) >= 11 is 6.29. The molecular formula is C13H12ClNO3. The second kappa shape index (κ2) is 4.01. The Morgan fingerprint density at radius 3 is 2.83 bits per heavy atom. The third-order valence-electron chi connectivity index (χ3n) is 3.79. The first-order valence-corrected chi connectivity index (χ1v) is 6.24. The summed E-state index contributed by atoms with van der Waals surface area (Å²) in [5.41, 5.74) is 1.39. The van der Waals surface area contributed by atoms with Gasteiger partial charge in [-0.15, -0.1) is 0 Å². The van der Waals surface area contributed by atoms with Crippen LogP contribution in [-0.2, 0) is 10.3 Å². The van der Waals surface area contributed by atoms with E-state index < -0.39 is 5.54 Å². The van der Waals surface area contributed by atoms with Gasteiger partial charge in [-0.1, -0.05) is 11.6 Å². The summed E-state index contributed by atoms with van der Waals surface area (Å²) in [5.74, 6) is 1.22. The smallest absolute Gasteiger partial charge is 0.235 e. The van der Waals surface area contributed by atoms with Crippen molar-refractivity contribution >= 4 is 17.7 Å². The van der Waals surface area contributed by atoms with E-state index in [1.54, 1.807) is 6.08 Å². The van der Waals surface area contributed by atoms with Crippen molar-refractivity contribution in [3.05, 3.63) is 22.2 Å². The quantitative estimate of drug-likeness (QED) is 0.610. The summed E-state index contributed by atoms with van der Waals surface area (Å²) in [4.78, 5) is 14.6. The third kappa shape index (κ3) is 1.46. The predicted octanol–water partition coefficient (Wildman–Crippen LogP) is 3.09. The summed E-state index contributed by atoms with van der Waals surface area (Å²) in [6.45, 7) is 2.10. The zero-order valence-electron chi connectivity index (χ0n) is 9.96. The maximum absolute atomic E-state index is 10.6. The summed E-state index contributed by atoms with van der Waals surface area (Å²) in [6.07, 6.45) is 4.43. The van der Waals surface area contributed by atoms with E-state index in [1.165, 1.54) is 0 Å². The van der Waals surface area contributed by atoms with E-state index in [0.29, 0.717) is 16.5 Å². The summed E-state index contributed by atoms with van der Waals surface area (Å²) in [7, 11) is 0. The van der Waals surface area contributed by atoms with Gasteiger partial charge in [0.1, 0.15) is 0 Å². The van der Waals surface area contributed by atoms with Crippen molar-refractivity contribution in [2.45, 2.75) is 31.7 Å². The average Bonchev–Trinajstić information content (AvgIpc) is 2.77. The van der Waals surface area contributed by atoms with E-state index in [9.17, 15) is 4.79 Å². The molecule has 1 heterocycles. The van der Waals surface area contributed by atoms with Crippen LogP contribution in [0.25, 0.3) is 0 Å². The predicted molar refractivity (Wildman–Crippen MR) is 66.0 cm³/mol. The van der Waals surface area contributed by atoms with Crippen molar-refractivity contribution in [1.29, 1.82) is 0 Å². The highest BCUT2D eigenvalue weighted by atomic mass is 35.5. The van der Waals surface area contributed by atoms with Crippen LogP contribution in [0.3, 0.4) is 0 Å². The van der Waals surface area contributed by atoms with Crippen LogP contribution >= 0.6 is 11.6 Å². The number of benzene rings is 1. The molecule has 1 aliphatic carbocycles. The molecule has 5 heteroatoms. The van der Waals surface area contributed by atoms with Gasteiger partial charge in [0.05, 0.1) is 10.6 Å². The van der Waals surface area contributed by atoms with Crippen LogP contribution in [0.1, 0.15) is 30.4 Å². The molecule has 0 spiro atoms. The van der Waals surface area contributed by atoms with Crippen LogP contribution < -0.4 is 9.47 Å². The number of isocyanates is 1. The van der Waals surface area contributed by atoms with E-state index in [0.717, 1.165) is 30.4 Å². The van der Waals surface area contributed by atoms with E-state index in [2.05, 4.69) is 4.99 Å². The molecule has 2 aliphatic rings. The topological polar surface area (TPSA) is 47.9 Å². The van der Waals surface area contributed by atoms with Gasteiger partial charge >= 0.3 is 0 Å². The molecule has 1 fully saturated rings. The monoisotopic (exact) mass is 265 g/mol. The van der Waals surface area contributed by atoms with Crippen LogP contribution in [0.5, 0.6) is 11.5 Å². The largest absolute Gasteiger partial charge is 0.454 e. The normalized spacial score (nSPS) is 19.0. The van der Waals surface area contributed by atoms with Gasteiger partial charge in [-0.2, -0.15) is 4.99 Å². The number of nitrogens with zero attached hydrogens (tertiary/aromatic N) is 1. The molecular weight excluding hydrogens is 254 g/mol. The minimum Gasteiger partial charge on any atom is -0.454 e. The zero-order valence-corrected chi connectivity index (χ0v) is 10.7. The number of rotatable bonds is 2. The molecule has 1 aliphatic heterocycles. The number of hydrogen-bond acceptors (Lipinski definition) is 4. The number of aliphatic imine (C=N–C) groups is 1. The van der Waals surface area contributed by atoms with Gasteiger partial charge < -0.3 is 9.47 Å². The zero-order chi connectivity index (χ0) is 12.8. The Bertz CT molecular complexity index is 560. The second-order valence-electron chi connectivity index (χ2n) is 4.69. The third-order valence-corrected chi connectivity index (χ3v) is 4.25. The average molecular weight is 266 g/mol. The summed E-state index contributed by atoms with van der Waals surface area (Å²) in [6, 6.07) is 1.89. The molecule has 94 valence electrons. The number of carbonyl (C=O) groups excluding carboxylic acids is 1. The highest BCUT2D eigenvalue weighted by Crippen LogP contribution is 2.51. The lowest BCUT2D eigenvalue weighted by atomic mass is 9.71. The minimum absolute atomic E-state index is 0.182. The molecule has 0 bridgehead atoms. The molecule has 0 unspecified atom stereocenters. The second-order valence-corrected chi connectivity index (χ2v) is 5.06. The molecule has 0 atom stereocenters. The molecule has 3 rings (SSSR count). The van der Waals surface area contributed by atoms with E-state index in [4.69, 9.17) is 21.1 Å². The van der Waals surface area contributed by atoms with Crippen LogP contribution in [0, 0.1) is 6.92 Å². The SMILES string of the molecule is Cc1c(C2(N=C=O)CCC2)cc2c(c1Cl)OCO2. The Balaban J connectivity index is 2.18. The fraction of sp³-hybridized carbons (Fsp3) is 0.462. The standard InChI is InChI=1S/C13H12ClNO3/c1-8-9(13(15-6-16)3-2-4-13)5-10-12(11(8)14)18-7-17-10/h5H,2-4,7H2,1H3. The Morgan fingerprint density at radius 2 is 2.22 bits per heavy atom. The lowest BCUT2D eigenvalue weighted by Gasteiger charge is -2.38. The Kier molecular flexibility index (Phi) is 2.58. The van der Waals surface area contributed by atoms with Crippen molar-refractivity contribution in [3.63, 3.8) is 0 Å². The first-order valence-electron chi connectivity index (χ1n) is 5.86. The Morgan fingerprint density at radius 1 is 1.44 bits per heavy atom. The van der Waals surface area contributed by atoms with Gasteiger partial charge in [-0.05, 0) is 43.4 Å². The Labute approximate surface area is 110 Å². The van der Waals surface area contributed by atoms with Gasteiger partial charge in [-0.25, -0.2) is 4.79 Å². The van der Waals surface area contributed by atoms with Gasteiger partial charge in [0.2, 0.25) is 12.9 Å². The lowest BCUT2D eigenvalue weighted by molar-refractivity contribution is 0.173. The van der Waals surface area contributed by atoms with Crippen molar-refractivity contribution in [1.82, 2.24) is 0 Å². The maximum atomic E-state index is 10.6. The van der Waals surface area contributed by atoms with Crippen LogP contribution in [-0.4, -0.2) is 12.9 Å². The van der Waals surface area contributed by atoms with E-state index in [1.807, 2.05) is 13.0 Å². The molecule has 1 aromatic rings. The molecule has 0 saturated heterocycles. The van der Waals surface area contributed by atoms with E-state index in [-0.39, 0.29) is 6.79 Å². The summed E-state index contributed by atoms with van der Waals surface area (Å²) < 4.78 is 10.7. The molecule has 0 N–H and O–H groups in total. The van der Waals surface area contributed by atoms with Crippen LogP contribution in [0.2, 0.25) is 5.02 Å². The Hall–Kier alpha value is -1.51. The maximum Gasteiger partial charge on any atom is 0.235 e. The van der Waals surface area contributed by atoms with Gasteiger partial charge in [-0.3, -0.25) is 0 Å². The minimum atomic E-state index is -0.462. The lowest BCUT2D eigenvalue weighted by Crippen LogP contribution is -2.32. The molecule has 1 saturated carbocycles. The fourth-order valence-corrected chi connectivity index (χ4v) is 2.87. The molecule has 4 nitrogen and oxygen atoms in total. The van der Waals surface area contributed by atoms with Gasteiger partial charge in [0.15, 0.2) is 11.5 Å². The van der Waals surface area contributed by atoms with Crippen molar-refractivity contribution in [2.75, 3.05) is 6.79 Å². The van der Waals surface area contributed by atoms with Crippen molar-refractivity contribution < 1.29 is 14.3 Å². The number of hydrogen-bond donors (Lipinski definition) is 0. The number of halogens is 1. The van der Waals surface area contributed by atoms with Crippen LogP contribution in [0.4, 0.5) is 0 Å². The van der Waals surface area contributed by atoms with Gasteiger partial charge in [0, 0.05) is 0 Å². The first-order chi connectivity index (χ1) is 8.68. The van der Waals surface area contributed by atoms with E-state index >= 15 is 0 Å². The molecule has 0 radical (unpaired) electrons. The highest BCUT2D eigenvalue weighted by Gasteiger charge is 2.41. The molecule has 1 aromatic carbocycles. The molecule has 0 amide bonds. The number of ether oxygens (including phenoxy) is 2.